The SMILES string of the molecule is CCCCCCCCCCCCCCCCCCCC(=O)OCCCCCCCCCCCCCCCCCCCCCCCCC(=O)NC(CO)C(O)CCCCCCCCCCCCCC. The second-order valence-corrected chi connectivity index (χ2v) is 21.8. The molecule has 68 heavy (non-hydrogen) atoms. The topological polar surface area (TPSA) is 95.9 Å². The van der Waals surface area contributed by atoms with Crippen molar-refractivity contribution in [1.82, 2.24) is 5.32 Å². The molecule has 0 aromatic carbocycles. The molecule has 0 aromatic rings. The number of unbranched alkanes of at least 4 members (excludes halogenated alkanes) is 48. The Bertz CT molecular complexity index is 975. The van der Waals surface area contributed by atoms with E-state index in [2.05, 4.69) is 19.2 Å². The van der Waals surface area contributed by atoms with E-state index in [1.807, 2.05) is 0 Å². The van der Waals surface area contributed by atoms with E-state index in [4.69, 9.17) is 4.74 Å². The molecule has 0 fully saturated rings. The molecule has 3 N–H and O–H groups in total. The number of nitrogens with one attached hydrogen (secondary N) is 1. The summed E-state index contributed by atoms with van der Waals surface area (Å²) in [5.41, 5.74) is 0. The zero-order valence-corrected chi connectivity index (χ0v) is 46.4. The van der Waals surface area contributed by atoms with Crippen molar-refractivity contribution in [2.45, 2.75) is 373 Å². The molecule has 0 rings (SSSR count). The predicted molar refractivity (Wildman–Crippen MR) is 297 cm³/mol. The zero-order chi connectivity index (χ0) is 49.3. The summed E-state index contributed by atoms with van der Waals surface area (Å²) in [5.74, 6) is -0.0152. The van der Waals surface area contributed by atoms with Gasteiger partial charge in [-0.3, -0.25) is 9.59 Å². The highest BCUT2D eigenvalue weighted by Gasteiger charge is 2.20. The Balaban J connectivity index is 3.33. The van der Waals surface area contributed by atoms with E-state index in [-0.39, 0.29) is 18.5 Å². The molecule has 0 heterocycles. The van der Waals surface area contributed by atoms with Crippen molar-refractivity contribution in [2.75, 3.05) is 13.2 Å². The molecule has 0 aromatic heterocycles. The molecule has 0 aliphatic heterocycles. The Kier molecular flexibility index (Phi) is 57.5. The van der Waals surface area contributed by atoms with E-state index in [0.717, 1.165) is 38.5 Å². The molecule has 2 atom stereocenters. The zero-order valence-electron chi connectivity index (χ0n) is 46.4. The number of carbonyl (C=O) groups excluding carboxylic acids is 2. The summed E-state index contributed by atoms with van der Waals surface area (Å²) >= 11 is 0. The Morgan fingerprint density at radius 3 is 0.897 bits per heavy atom. The van der Waals surface area contributed by atoms with E-state index >= 15 is 0 Å². The molecule has 0 spiro atoms. The maximum absolute atomic E-state index is 12.5. The summed E-state index contributed by atoms with van der Waals surface area (Å²) in [5, 5.41) is 23.2. The number of esters is 1. The van der Waals surface area contributed by atoms with Crippen LogP contribution < -0.4 is 5.32 Å². The van der Waals surface area contributed by atoms with E-state index in [9.17, 15) is 19.8 Å². The summed E-state index contributed by atoms with van der Waals surface area (Å²) in [4.78, 5) is 24.5. The second-order valence-electron chi connectivity index (χ2n) is 21.8. The number of rotatable bonds is 59. The van der Waals surface area contributed by atoms with Crippen LogP contribution in [-0.4, -0.2) is 47.4 Å². The van der Waals surface area contributed by atoms with Gasteiger partial charge in [0, 0.05) is 12.8 Å². The lowest BCUT2D eigenvalue weighted by Crippen LogP contribution is -2.45. The highest BCUT2D eigenvalue weighted by molar-refractivity contribution is 5.76. The van der Waals surface area contributed by atoms with Crippen molar-refractivity contribution in [3.63, 3.8) is 0 Å². The summed E-state index contributed by atoms with van der Waals surface area (Å²) in [6.45, 7) is 4.98. The minimum absolute atomic E-state index is 0.0182. The number of aliphatic hydroxyl groups is 2. The normalized spacial score (nSPS) is 12.5. The Morgan fingerprint density at radius 1 is 0.353 bits per heavy atom. The van der Waals surface area contributed by atoms with Gasteiger partial charge in [-0.1, -0.05) is 322 Å². The van der Waals surface area contributed by atoms with Crippen molar-refractivity contribution in [2.24, 2.45) is 0 Å². The first-order valence-corrected chi connectivity index (χ1v) is 31.3. The largest absolute Gasteiger partial charge is 0.466 e. The van der Waals surface area contributed by atoms with Crippen molar-refractivity contribution < 1.29 is 24.5 Å². The number of aliphatic hydroxyl groups excluding tert-OH is 2. The van der Waals surface area contributed by atoms with E-state index in [1.54, 1.807) is 0 Å². The average molecular weight is 963 g/mol. The molecule has 0 radical (unpaired) electrons. The lowest BCUT2D eigenvalue weighted by atomic mass is 10.0. The molecule has 0 bridgehead atoms. The van der Waals surface area contributed by atoms with Crippen LogP contribution in [-0.2, 0) is 14.3 Å². The fourth-order valence-electron chi connectivity index (χ4n) is 10.1. The number of carbonyl (C=O) groups is 2. The quantitative estimate of drug-likeness (QED) is 0.0417. The standard InChI is InChI=1S/C62H123NO5/c1-3-5-7-9-11-13-15-17-18-25-29-32-36-40-44-48-52-56-62(67)68-57-53-49-45-41-37-33-30-27-24-22-20-19-21-23-26-28-31-35-39-43-47-51-55-61(66)63-59(58-64)60(65)54-50-46-42-38-34-16-14-12-10-8-6-4-2/h59-60,64-65H,3-58H2,1-2H3,(H,63,66). The molecule has 2 unspecified atom stereocenters. The first-order valence-electron chi connectivity index (χ1n) is 31.3. The molecule has 1 amide bonds. The number of hydrogen-bond donors (Lipinski definition) is 3. The van der Waals surface area contributed by atoms with Gasteiger partial charge in [-0.05, 0) is 25.7 Å². The Hall–Kier alpha value is -1.14. The fourth-order valence-corrected chi connectivity index (χ4v) is 10.1. The third kappa shape index (κ3) is 54.2. The molecule has 6 nitrogen and oxygen atoms in total. The van der Waals surface area contributed by atoms with E-state index in [0.29, 0.717) is 25.9 Å². The van der Waals surface area contributed by atoms with Gasteiger partial charge in [0.05, 0.1) is 25.4 Å². The van der Waals surface area contributed by atoms with Gasteiger partial charge in [0.15, 0.2) is 0 Å². The van der Waals surface area contributed by atoms with Crippen LogP contribution in [0.15, 0.2) is 0 Å². The highest BCUT2D eigenvalue weighted by Crippen LogP contribution is 2.19. The van der Waals surface area contributed by atoms with Gasteiger partial charge in [0.25, 0.3) is 0 Å². The van der Waals surface area contributed by atoms with Gasteiger partial charge in [0.2, 0.25) is 5.91 Å². The lowest BCUT2D eigenvalue weighted by Gasteiger charge is -2.22. The van der Waals surface area contributed by atoms with Crippen LogP contribution >= 0.6 is 0 Å². The van der Waals surface area contributed by atoms with Gasteiger partial charge < -0.3 is 20.3 Å². The summed E-state index contributed by atoms with van der Waals surface area (Å²) in [7, 11) is 0. The molecule has 406 valence electrons. The molecule has 0 saturated carbocycles. The predicted octanol–water partition coefficient (Wildman–Crippen LogP) is 19.5. The summed E-state index contributed by atoms with van der Waals surface area (Å²) in [6.07, 6.45) is 68.3. The van der Waals surface area contributed by atoms with Crippen molar-refractivity contribution in [3.8, 4) is 0 Å². The molecule has 0 aliphatic rings. The van der Waals surface area contributed by atoms with Crippen LogP contribution in [0, 0.1) is 0 Å². The minimum Gasteiger partial charge on any atom is -0.466 e. The van der Waals surface area contributed by atoms with Crippen LogP contribution in [0.5, 0.6) is 0 Å². The maximum atomic E-state index is 12.5. The monoisotopic (exact) mass is 962 g/mol. The number of amides is 1. The Morgan fingerprint density at radius 2 is 0.603 bits per heavy atom. The van der Waals surface area contributed by atoms with Crippen molar-refractivity contribution >= 4 is 11.9 Å². The summed E-state index contributed by atoms with van der Waals surface area (Å²) < 4.78 is 5.50. The Labute approximate surface area is 426 Å². The minimum atomic E-state index is -0.662. The van der Waals surface area contributed by atoms with E-state index < -0.39 is 12.1 Å². The molecular formula is C62H123NO5. The van der Waals surface area contributed by atoms with Crippen molar-refractivity contribution in [1.29, 1.82) is 0 Å². The maximum Gasteiger partial charge on any atom is 0.305 e. The summed E-state index contributed by atoms with van der Waals surface area (Å²) in [6, 6.07) is -0.539. The molecule has 6 heteroatoms. The molecule has 0 aliphatic carbocycles. The fraction of sp³-hybridized carbons (Fsp3) is 0.968. The first kappa shape index (κ1) is 66.9. The van der Waals surface area contributed by atoms with Gasteiger partial charge in [-0.15, -0.1) is 0 Å². The molecular weight excluding hydrogens is 839 g/mol. The highest BCUT2D eigenvalue weighted by atomic mass is 16.5. The van der Waals surface area contributed by atoms with Gasteiger partial charge in [0.1, 0.15) is 0 Å². The van der Waals surface area contributed by atoms with Gasteiger partial charge in [-0.25, -0.2) is 0 Å². The average Bonchev–Trinajstić information content (AvgIpc) is 3.34. The van der Waals surface area contributed by atoms with Crippen LogP contribution in [0.3, 0.4) is 0 Å². The third-order valence-electron chi connectivity index (χ3n) is 14.9. The van der Waals surface area contributed by atoms with Crippen LogP contribution in [0.1, 0.15) is 361 Å². The second kappa shape index (κ2) is 58.4. The van der Waals surface area contributed by atoms with Crippen LogP contribution in [0.25, 0.3) is 0 Å². The van der Waals surface area contributed by atoms with Gasteiger partial charge >= 0.3 is 5.97 Å². The van der Waals surface area contributed by atoms with Crippen LogP contribution in [0.2, 0.25) is 0 Å². The van der Waals surface area contributed by atoms with E-state index in [1.165, 1.54) is 289 Å². The third-order valence-corrected chi connectivity index (χ3v) is 14.9. The van der Waals surface area contributed by atoms with Crippen molar-refractivity contribution in [3.05, 3.63) is 0 Å². The van der Waals surface area contributed by atoms with Gasteiger partial charge in [-0.2, -0.15) is 0 Å². The smallest absolute Gasteiger partial charge is 0.305 e. The lowest BCUT2D eigenvalue weighted by molar-refractivity contribution is -0.143. The number of hydrogen-bond acceptors (Lipinski definition) is 5. The van der Waals surface area contributed by atoms with Crippen LogP contribution in [0.4, 0.5) is 0 Å². The molecule has 0 saturated heterocycles. The number of ether oxygens (including phenoxy) is 1. The first-order chi connectivity index (χ1) is 33.5.